The van der Waals surface area contributed by atoms with Gasteiger partial charge in [0.25, 0.3) is 5.91 Å². The summed E-state index contributed by atoms with van der Waals surface area (Å²) in [6.07, 6.45) is -4.84. The number of ketones is 1. The van der Waals surface area contributed by atoms with Crippen molar-refractivity contribution in [3.8, 4) is 5.75 Å². The number of aliphatic hydroxyl groups excluding tert-OH is 1. The van der Waals surface area contributed by atoms with Gasteiger partial charge in [-0.1, -0.05) is 44.2 Å². The lowest BCUT2D eigenvalue weighted by Crippen LogP contribution is -2.31. The monoisotopic (exact) mass is 405 g/mol. The van der Waals surface area contributed by atoms with E-state index in [0.29, 0.717) is 5.56 Å². The fourth-order valence-electron chi connectivity index (χ4n) is 3.19. The number of ether oxygens (including phenoxy) is 1. The molecule has 2 aromatic carbocycles. The number of anilines is 1. The lowest BCUT2D eigenvalue weighted by molar-refractivity contribution is -0.274. The van der Waals surface area contributed by atoms with Gasteiger partial charge in [0.1, 0.15) is 5.75 Å². The Bertz CT molecular complexity index is 950. The maximum Gasteiger partial charge on any atom is 0.573 e. The third-order valence-corrected chi connectivity index (χ3v) is 4.46. The van der Waals surface area contributed by atoms with E-state index in [9.17, 15) is 27.9 Å². The van der Waals surface area contributed by atoms with Crippen LogP contribution in [0.3, 0.4) is 0 Å². The summed E-state index contributed by atoms with van der Waals surface area (Å²) in [5, 5.41) is 10.4. The van der Waals surface area contributed by atoms with Crippen molar-refractivity contribution in [2.75, 3.05) is 4.90 Å². The Morgan fingerprint density at radius 1 is 1.07 bits per heavy atom. The van der Waals surface area contributed by atoms with E-state index >= 15 is 0 Å². The quantitative estimate of drug-likeness (QED) is 0.782. The van der Waals surface area contributed by atoms with Gasteiger partial charge >= 0.3 is 6.36 Å². The molecule has 3 rings (SSSR count). The molecule has 0 spiro atoms. The van der Waals surface area contributed by atoms with E-state index in [0.717, 1.165) is 12.1 Å². The van der Waals surface area contributed by atoms with Crippen molar-refractivity contribution in [1.82, 2.24) is 0 Å². The first kappa shape index (κ1) is 20.4. The highest BCUT2D eigenvalue weighted by Gasteiger charge is 2.44. The van der Waals surface area contributed by atoms with Crippen molar-refractivity contribution < 1.29 is 32.6 Å². The Morgan fingerprint density at radius 2 is 1.66 bits per heavy atom. The van der Waals surface area contributed by atoms with Crippen LogP contribution in [0.5, 0.6) is 5.75 Å². The zero-order chi connectivity index (χ0) is 21.3. The van der Waals surface area contributed by atoms with Crippen molar-refractivity contribution in [1.29, 1.82) is 0 Å². The second-order valence-corrected chi connectivity index (χ2v) is 6.81. The molecule has 5 nitrogen and oxygen atoms in total. The molecular weight excluding hydrogens is 387 g/mol. The van der Waals surface area contributed by atoms with Crippen LogP contribution in [0.4, 0.5) is 18.9 Å². The van der Waals surface area contributed by atoms with Crippen molar-refractivity contribution in [2.24, 2.45) is 5.92 Å². The summed E-state index contributed by atoms with van der Waals surface area (Å²) >= 11 is 0. The molecule has 0 bridgehead atoms. The number of benzene rings is 2. The van der Waals surface area contributed by atoms with E-state index in [1.807, 2.05) is 0 Å². The number of hydrogen-bond acceptors (Lipinski definition) is 4. The van der Waals surface area contributed by atoms with Crippen LogP contribution in [0, 0.1) is 5.92 Å². The van der Waals surface area contributed by atoms with Crippen molar-refractivity contribution in [2.45, 2.75) is 26.3 Å². The van der Waals surface area contributed by atoms with E-state index in [4.69, 9.17) is 0 Å². The number of carbonyl (C=O) groups excluding carboxylic acids is 2. The summed E-state index contributed by atoms with van der Waals surface area (Å²) in [6, 6.07) is 12.4. The molecule has 1 atom stereocenters. The number of alkyl halides is 3. The smallest absolute Gasteiger partial charge is 0.503 e. The van der Waals surface area contributed by atoms with Gasteiger partial charge in [0.2, 0.25) is 0 Å². The molecule has 29 heavy (non-hydrogen) atoms. The molecule has 0 radical (unpaired) electrons. The fourth-order valence-corrected chi connectivity index (χ4v) is 3.19. The highest BCUT2D eigenvalue weighted by Crippen LogP contribution is 2.42. The zero-order valence-corrected chi connectivity index (χ0v) is 15.6. The molecule has 152 valence electrons. The molecule has 0 aliphatic carbocycles. The second-order valence-electron chi connectivity index (χ2n) is 6.81. The summed E-state index contributed by atoms with van der Waals surface area (Å²) in [6.45, 7) is 3.31. The van der Waals surface area contributed by atoms with E-state index < -0.39 is 35.7 Å². The summed E-state index contributed by atoms with van der Waals surface area (Å²) in [5.74, 6) is -2.75. The van der Waals surface area contributed by atoms with Crippen LogP contribution < -0.4 is 9.64 Å². The molecule has 1 unspecified atom stereocenters. The Kier molecular flexibility index (Phi) is 5.37. The van der Waals surface area contributed by atoms with Crippen LogP contribution >= 0.6 is 0 Å². The predicted molar refractivity (Wildman–Crippen MR) is 99.3 cm³/mol. The first-order valence-electron chi connectivity index (χ1n) is 8.82. The molecule has 1 amide bonds. The van der Waals surface area contributed by atoms with E-state index in [1.165, 1.54) is 17.0 Å². The lowest BCUT2D eigenvalue weighted by atomic mass is 9.91. The molecule has 1 heterocycles. The lowest BCUT2D eigenvalue weighted by Gasteiger charge is -2.27. The Morgan fingerprint density at radius 3 is 2.17 bits per heavy atom. The molecule has 0 saturated heterocycles. The number of hydrogen-bond donors (Lipinski definition) is 1. The maximum absolute atomic E-state index is 12.8. The Hall–Kier alpha value is -3.29. The molecule has 8 heteroatoms. The van der Waals surface area contributed by atoms with Crippen molar-refractivity contribution >= 4 is 17.4 Å². The number of rotatable bonds is 5. The van der Waals surface area contributed by atoms with Crippen LogP contribution in [0.2, 0.25) is 0 Å². The summed E-state index contributed by atoms with van der Waals surface area (Å²) in [7, 11) is 0. The van der Waals surface area contributed by atoms with Crippen LogP contribution in [0.15, 0.2) is 65.9 Å². The molecule has 0 aromatic heterocycles. The molecule has 2 aromatic rings. The average molecular weight is 405 g/mol. The number of halogens is 3. The number of Topliss-reactive ketones (excluding diaryl/α,β-unsaturated/α-hetero) is 1. The van der Waals surface area contributed by atoms with Crippen LogP contribution in [-0.2, 0) is 9.59 Å². The minimum Gasteiger partial charge on any atom is -0.503 e. The number of carbonyl (C=O) groups is 2. The number of aliphatic hydroxyl groups is 1. The van der Waals surface area contributed by atoms with Gasteiger partial charge in [0, 0.05) is 11.6 Å². The van der Waals surface area contributed by atoms with Crippen LogP contribution in [0.1, 0.15) is 25.5 Å². The summed E-state index contributed by atoms with van der Waals surface area (Å²) in [5.41, 5.74) is 0.771. The van der Waals surface area contributed by atoms with E-state index in [2.05, 4.69) is 4.74 Å². The minimum atomic E-state index is -4.84. The van der Waals surface area contributed by atoms with E-state index in [1.54, 1.807) is 44.2 Å². The third kappa shape index (κ3) is 4.11. The van der Waals surface area contributed by atoms with Gasteiger partial charge in [0.15, 0.2) is 11.5 Å². The van der Waals surface area contributed by atoms with Gasteiger partial charge in [0.05, 0.1) is 11.6 Å². The van der Waals surface area contributed by atoms with Crippen molar-refractivity contribution in [3.05, 3.63) is 71.5 Å². The first-order chi connectivity index (χ1) is 13.6. The predicted octanol–water partition coefficient (Wildman–Crippen LogP) is 4.71. The van der Waals surface area contributed by atoms with Gasteiger partial charge in [-0.15, -0.1) is 13.2 Å². The topological polar surface area (TPSA) is 66.8 Å². The summed E-state index contributed by atoms with van der Waals surface area (Å²) in [4.78, 5) is 26.7. The highest BCUT2D eigenvalue weighted by atomic mass is 19.4. The molecule has 1 aliphatic heterocycles. The SMILES string of the molecule is CC(C)C(=O)C1=C(O)C(=O)N(c2ccc(OC(F)(F)F)cc2)C1c1ccccc1. The Balaban J connectivity index is 2.06. The fraction of sp³-hybridized carbons (Fsp3) is 0.238. The summed E-state index contributed by atoms with van der Waals surface area (Å²) < 4.78 is 41.0. The van der Waals surface area contributed by atoms with Crippen molar-refractivity contribution in [3.63, 3.8) is 0 Å². The first-order valence-corrected chi connectivity index (χ1v) is 8.82. The zero-order valence-electron chi connectivity index (χ0n) is 15.6. The number of nitrogens with zero attached hydrogens (tertiary/aromatic N) is 1. The van der Waals surface area contributed by atoms with Crippen LogP contribution in [0.25, 0.3) is 0 Å². The van der Waals surface area contributed by atoms with Gasteiger partial charge in [-0.2, -0.15) is 0 Å². The van der Waals surface area contributed by atoms with Gasteiger partial charge in [-0.05, 0) is 29.8 Å². The normalized spacial score (nSPS) is 17.2. The Labute approximate surface area is 165 Å². The highest BCUT2D eigenvalue weighted by molar-refractivity contribution is 6.16. The number of amides is 1. The van der Waals surface area contributed by atoms with E-state index in [-0.39, 0.29) is 17.0 Å². The molecule has 1 N–H and O–H groups in total. The maximum atomic E-state index is 12.8. The largest absolute Gasteiger partial charge is 0.573 e. The molecule has 0 fully saturated rings. The minimum absolute atomic E-state index is 0.0354. The standard InChI is InChI=1S/C21H18F3NO4/c1-12(2)18(26)16-17(13-6-4-3-5-7-13)25(20(28)19(16)27)14-8-10-15(11-9-14)29-21(22,23)24/h3-12,17,27H,1-2H3. The van der Waals surface area contributed by atoms with Gasteiger partial charge < -0.3 is 9.84 Å². The van der Waals surface area contributed by atoms with Crippen LogP contribution in [-0.4, -0.2) is 23.2 Å². The molecular formula is C21H18F3NO4. The average Bonchev–Trinajstić information content (AvgIpc) is 2.92. The van der Waals surface area contributed by atoms with Gasteiger partial charge in [-0.3, -0.25) is 14.5 Å². The molecule has 0 saturated carbocycles. The third-order valence-electron chi connectivity index (χ3n) is 4.46. The second kappa shape index (κ2) is 7.62. The molecule has 1 aliphatic rings. The van der Waals surface area contributed by atoms with Gasteiger partial charge in [-0.25, -0.2) is 0 Å².